The molecule has 0 spiro atoms. The molecule has 0 aromatic heterocycles. The Labute approximate surface area is 139 Å². The van der Waals surface area contributed by atoms with Crippen molar-refractivity contribution < 1.29 is 19.4 Å². The summed E-state index contributed by atoms with van der Waals surface area (Å²) in [6.45, 7) is 2.67. The Morgan fingerprint density at radius 1 is 1.21 bits per heavy atom. The van der Waals surface area contributed by atoms with Crippen molar-refractivity contribution in [2.24, 2.45) is 0 Å². The van der Waals surface area contributed by atoms with E-state index in [1.54, 1.807) is 29.2 Å². The Balaban J connectivity index is 1.98. The normalized spacial score (nSPS) is 21.9. The Morgan fingerprint density at radius 3 is 2.79 bits per heavy atom. The molecule has 0 saturated carbocycles. The van der Waals surface area contributed by atoms with Gasteiger partial charge >= 0.3 is 5.97 Å². The van der Waals surface area contributed by atoms with Gasteiger partial charge in [0.15, 0.2) is 0 Å². The first-order chi connectivity index (χ1) is 11.6. The van der Waals surface area contributed by atoms with Gasteiger partial charge < -0.3 is 14.7 Å². The van der Waals surface area contributed by atoms with E-state index in [-0.39, 0.29) is 5.91 Å². The molecule has 122 valence electrons. The van der Waals surface area contributed by atoms with Gasteiger partial charge in [-0.15, -0.1) is 0 Å². The Bertz CT molecular complexity index is 845. The van der Waals surface area contributed by atoms with E-state index in [1.807, 2.05) is 25.1 Å². The van der Waals surface area contributed by atoms with Gasteiger partial charge in [0.2, 0.25) is 0 Å². The number of carboxylic acid groups (broad SMARTS) is 1. The van der Waals surface area contributed by atoms with Crippen LogP contribution in [-0.2, 0) is 4.79 Å². The summed E-state index contributed by atoms with van der Waals surface area (Å²) in [6.07, 6.45) is 0. The van der Waals surface area contributed by atoms with Crippen LogP contribution < -0.4 is 4.74 Å². The minimum atomic E-state index is -0.931. The first-order valence-electron chi connectivity index (χ1n) is 7.94. The number of amides is 1. The minimum absolute atomic E-state index is 0.133. The minimum Gasteiger partial charge on any atom is -0.491 e. The number of carbonyl (C=O) groups excluding carboxylic acids is 1. The van der Waals surface area contributed by atoms with Crippen molar-refractivity contribution >= 4 is 11.9 Å². The summed E-state index contributed by atoms with van der Waals surface area (Å²) < 4.78 is 5.78. The molecule has 1 amide bonds. The molecule has 0 unspecified atom stereocenters. The second-order valence-corrected chi connectivity index (χ2v) is 6.24. The molecule has 2 aromatic carbocycles. The molecule has 0 bridgehead atoms. The third-order valence-electron chi connectivity index (χ3n) is 4.78. The number of carboxylic acids is 1. The quantitative estimate of drug-likeness (QED) is 0.876. The number of carbonyl (C=O) groups is 2. The molecule has 2 atom stereocenters. The van der Waals surface area contributed by atoms with Gasteiger partial charge in [0.25, 0.3) is 5.91 Å². The molecule has 24 heavy (non-hydrogen) atoms. The maximum absolute atomic E-state index is 12.9. The average molecular weight is 323 g/mol. The number of fused-ring (bicyclic) bond motifs is 4. The number of aliphatic carboxylic acids is 1. The van der Waals surface area contributed by atoms with Gasteiger partial charge in [-0.2, -0.15) is 0 Å². The number of ether oxygens (including phenoxy) is 1. The van der Waals surface area contributed by atoms with Crippen molar-refractivity contribution in [3.63, 3.8) is 0 Å². The number of hydrogen-bond donors (Lipinski definition) is 1. The number of hydrogen-bond acceptors (Lipinski definition) is 3. The zero-order chi connectivity index (χ0) is 16.8. The number of benzene rings is 2. The molecule has 0 fully saturated rings. The predicted octanol–water partition coefficient (Wildman–Crippen LogP) is 2.75. The van der Waals surface area contributed by atoms with Crippen molar-refractivity contribution in [3.8, 4) is 5.75 Å². The first kappa shape index (κ1) is 14.8. The molecular weight excluding hydrogens is 306 g/mol. The highest BCUT2D eigenvalue weighted by Gasteiger charge is 2.46. The fourth-order valence-electron chi connectivity index (χ4n) is 3.73. The van der Waals surface area contributed by atoms with Crippen LogP contribution in [-0.4, -0.2) is 35.0 Å². The van der Waals surface area contributed by atoms with E-state index in [2.05, 4.69) is 0 Å². The van der Waals surface area contributed by atoms with Crippen molar-refractivity contribution in [2.45, 2.75) is 18.9 Å². The third-order valence-corrected chi connectivity index (χ3v) is 4.78. The Morgan fingerprint density at radius 2 is 2.00 bits per heavy atom. The van der Waals surface area contributed by atoms with E-state index in [0.29, 0.717) is 30.0 Å². The van der Waals surface area contributed by atoms with Gasteiger partial charge in [-0.05, 0) is 24.6 Å². The summed E-state index contributed by atoms with van der Waals surface area (Å²) in [4.78, 5) is 26.7. The lowest BCUT2D eigenvalue weighted by atomic mass is 9.79. The number of aryl methyl sites for hydroxylation is 1. The van der Waals surface area contributed by atoms with Crippen LogP contribution >= 0.6 is 0 Å². The van der Waals surface area contributed by atoms with Crippen molar-refractivity contribution in [3.05, 3.63) is 64.7 Å². The van der Waals surface area contributed by atoms with Crippen LogP contribution in [0, 0.1) is 6.92 Å². The van der Waals surface area contributed by atoms with Gasteiger partial charge in [-0.3, -0.25) is 9.59 Å². The van der Waals surface area contributed by atoms with Gasteiger partial charge in [-0.25, -0.2) is 0 Å². The summed E-state index contributed by atoms with van der Waals surface area (Å²) in [5.74, 6) is -1.21. The second-order valence-electron chi connectivity index (χ2n) is 6.24. The molecule has 0 saturated heterocycles. The lowest BCUT2D eigenvalue weighted by molar-refractivity contribution is -0.140. The summed E-state index contributed by atoms with van der Waals surface area (Å²) >= 11 is 0. The van der Waals surface area contributed by atoms with Crippen molar-refractivity contribution in [2.75, 3.05) is 13.2 Å². The van der Waals surface area contributed by atoms with Gasteiger partial charge in [0, 0.05) is 11.1 Å². The molecule has 5 nitrogen and oxygen atoms in total. The summed E-state index contributed by atoms with van der Waals surface area (Å²) in [6, 6.07) is 12.2. The topological polar surface area (TPSA) is 66.8 Å². The highest BCUT2D eigenvalue weighted by Crippen LogP contribution is 2.46. The van der Waals surface area contributed by atoms with E-state index < -0.39 is 17.9 Å². The molecule has 2 aromatic rings. The van der Waals surface area contributed by atoms with Crippen LogP contribution in [0.5, 0.6) is 5.75 Å². The molecule has 0 aliphatic carbocycles. The summed E-state index contributed by atoms with van der Waals surface area (Å²) in [5, 5.41) is 9.92. The van der Waals surface area contributed by atoms with Crippen LogP contribution in [0.1, 0.15) is 39.0 Å². The highest BCUT2D eigenvalue weighted by molar-refractivity contribution is 6.00. The molecule has 5 heteroatoms. The zero-order valence-corrected chi connectivity index (χ0v) is 13.2. The molecule has 2 heterocycles. The van der Waals surface area contributed by atoms with Crippen LogP contribution in [0.15, 0.2) is 42.5 Å². The summed E-state index contributed by atoms with van der Waals surface area (Å²) in [5.41, 5.74) is 2.82. The van der Waals surface area contributed by atoms with Gasteiger partial charge in [0.1, 0.15) is 18.3 Å². The predicted molar refractivity (Wildman–Crippen MR) is 87.3 cm³/mol. The maximum atomic E-state index is 12.9. The molecule has 1 N–H and O–H groups in total. The summed E-state index contributed by atoms with van der Waals surface area (Å²) in [7, 11) is 0. The lowest BCUT2D eigenvalue weighted by Gasteiger charge is -2.39. The Kier molecular flexibility index (Phi) is 3.30. The maximum Gasteiger partial charge on any atom is 0.313 e. The molecule has 2 aliphatic rings. The lowest BCUT2D eigenvalue weighted by Crippen LogP contribution is -2.45. The number of rotatable bonds is 1. The monoisotopic (exact) mass is 323 g/mol. The fourth-order valence-corrected chi connectivity index (χ4v) is 3.73. The Hall–Kier alpha value is -2.82. The number of nitrogens with zero attached hydrogens (tertiary/aromatic N) is 1. The van der Waals surface area contributed by atoms with Gasteiger partial charge in [0.05, 0.1) is 12.6 Å². The van der Waals surface area contributed by atoms with E-state index >= 15 is 0 Å². The molecule has 4 rings (SSSR count). The molecular formula is C19H17NO4. The third kappa shape index (κ3) is 2.08. The highest BCUT2D eigenvalue weighted by atomic mass is 16.5. The standard InChI is InChI=1S/C19H17NO4/c1-11-6-7-15-14(10-11)17-16(19(22)23)12-4-2-3-5-13(12)18(21)20(17)8-9-24-15/h2-7,10,16-17H,8-9H2,1H3,(H,22,23)/t16-,17-/m1/s1. The van der Waals surface area contributed by atoms with Crippen LogP contribution in [0.2, 0.25) is 0 Å². The van der Waals surface area contributed by atoms with Crippen LogP contribution in [0.25, 0.3) is 0 Å². The fraction of sp³-hybridized carbons (Fsp3) is 0.263. The zero-order valence-electron chi connectivity index (χ0n) is 13.2. The molecule has 0 radical (unpaired) electrons. The van der Waals surface area contributed by atoms with E-state index in [0.717, 1.165) is 11.1 Å². The van der Waals surface area contributed by atoms with Gasteiger partial charge in [-0.1, -0.05) is 35.9 Å². The van der Waals surface area contributed by atoms with Crippen LogP contribution in [0.4, 0.5) is 0 Å². The smallest absolute Gasteiger partial charge is 0.313 e. The first-order valence-corrected chi connectivity index (χ1v) is 7.94. The van der Waals surface area contributed by atoms with Crippen molar-refractivity contribution in [1.82, 2.24) is 4.90 Å². The molecule has 2 aliphatic heterocycles. The van der Waals surface area contributed by atoms with Crippen LogP contribution in [0.3, 0.4) is 0 Å². The largest absolute Gasteiger partial charge is 0.491 e. The van der Waals surface area contributed by atoms with E-state index in [1.165, 1.54) is 0 Å². The average Bonchev–Trinajstić information content (AvgIpc) is 2.75. The van der Waals surface area contributed by atoms with Crippen molar-refractivity contribution in [1.29, 1.82) is 0 Å². The SMILES string of the molecule is Cc1ccc2c(c1)[C@@H]1[C@H](C(=O)O)c3ccccc3C(=O)N1CCO2. The van der Waals surface area contributed by atoms with E-state index in [9.17, 15) is 14.7 Å². The second kappa shape index (κ2) is 5.37. The van der Waals surface area contributed by atoms with E-state index in [4.69, 9.17) is 4.74 Å².